The van der Waals surface area contributed by atoms with Gasteiger partial charge in [0.25, 0.3) is 0 Å². The van der Waals surface area contributed by atoms with Gasteiger partial charge in [-0.25, -0.2) is 0 Å². The van der Waals surface area contributed by atoms with Crippen LogP contribution in [-0.4, -0.2) is 26.1 Å². The van der Waals surface area contributed by atoms with E-state index < -0.39 is 0 Å². The number of nitrogens with one attached hydrogen (secondary N) is 1. The van der Waals surface area contributed by atoms with Crippen LogP contribution in [0.15, 0.2) is 24.3 Å². The minimum Gasteiger partial charge on any atom is -0.347 e. The van der Waals surface area contributed by atoms with Crippen LogP contribution >= 0.6 is 11.6 Å². The third kappa shape index (κ3) is 4.07. The zero-order valence-electron chi connectivity index (χ0n) is 13.1. The summed E-state index contributed by atoms with van der Waals surface area (Å²) in [5.41, 5.74) is 1.06. The minimum absolute atomic E-state index is 0.0201. The Morgan fingerprint density at radius 3 is 2.87 bits per heavy atom. The third-order valence-corrected chi connectivity index (χ3v) is 4.47. The Hall–Kier alpha value is -1.95. The lowest BCUT2D eigenvalue weighted by Gasteiger charge is -2.25. The van der Waals surface area contributed by atoms with Crippen molar-refractivity contribution in [2.24, 2.45) is 5.92 Å². The highest BCUT2D eigenvalue weighted by Crippen LogP contribution is 2.36. The topological polar surface area (TPSA) is 72.7 Å². The minimum atomic E-state index is -0.112. The van der Waals surface area contributed by atoms with Crippen LogP contribution in [0.1, 0.15) is 43.1 Å². The summed E-state index contributed by atoms with van der Waals surface area (Å²) < 4.78 is 0. The summed E-state index contributed by atoms with van der Waals surface area (Å²) in [5.74, 6) is 0.891. The highest BCUT2D eigenvalue weighted by molar-refractivity contribution is 6.30. The number of aryl methyl sites for hydroxylation is 1. The second-order valence-electron chi connectivity index (χ2n) is 6.01. The average Bonchev–Trinajstić information content (AvgIpc) is 3.17. The van der Waals surface area contributed by atoms with Crippen LogP contribution in [-0.2, 0) is 11.3 Å². The van der Waals surface area contributed by atoms with Gasteiger partial charge in [0.05, 0.1) is 6.04 Å². The molecule has 0 aliphatic heterocycles. The Labute approximate surface area is 140 Å². The summed E-state index contributed by atoms with van der Waals surface area (Å²) in [6, 6.07) is 7.71. The molecule has 0 bridgehead atoms. The molecule has 0 radical (unpaired) electrons. The maximum Gasteiger partial charge on any atom is 0.244 e. The van der Waals surface area contributed by atoms with E-state index in [4.69, 9.17) is 11.6 Å². The Morgan fingerprint density at radius 2 is 2.22 bits per heavy atom. The van der Waals surface area contributed by atoms with Crippen LogP contribution in [0.4, 0.5) is 0 Å². The molecule has 1 aliphatic rings. The zero-order valence-corrected chi connectivity index (χ0v) is 13.8. The normalized spacial score (nSPS) is 16.4. The molecule has 0 unspecified atom stereocenters. The quantitative estimate of drug-likeness (QED) is 0.913. The van der Waals surface area contributed by atoms with Crippen LogP contribution in [0.25, 0.3) is 0 Å². The first-order valence-corrected chi connectivity index (χ1v) is 8.29. The second-order valence-corrected chi connectivity index (χ2v) is 6.45. The van der Waals surface area contributed by atoms with Gasteiger partial charge in [-0.3, -0.25) is 4.79 Å². The molecule has 1 heterocycles. The maximum atomic E-state index is 12.4. The summed E-state index contributed by atoms with van der Waals surface area (Å²) in [5, 5.41) is 15.5. The number of carbonyl (C=O) groups is 1. The van der Waals surface area contributed by atoms with Crippen molar-refractivity contribution >= 4 is 17.5 Å². The van der Waals surface area contributed by atoms with E-state index in [0.29, 0.717) is 16.8 Å². The van der Waals surface area contributed by atoms with Crippen molar-refractivity contribution in [1.29, 1.82) is 0 Å². The molecule has 1 aromatic heterocycles. The zero-order chi connectivity index (χ0) is 16.2. The monoisotopic (exact) mass is 333 g/mol. The smallest absolute Gasteiger partial charge is 0.244 e. The number of carbonyl (C=O) groups excluding carboxylic acids is 1. The lowest BCUT2D eigenvalue weighted by molar-refractivity contribution is -0.123. The van der Waals surface area contributed by atoms with Gasteiger partial charge in [-0.1, -0.05) is 36.6 Å². The van der Waals surface area contributed by atoms with E-state index in [1.54, 1.807) is 6.92 Å². The molecule has 0 spiro atoms. The lowest BCUT2D eigenvalue weighted by Crippen LogP contribution is -2.35. The van der Waals surface area contributed by atoms with Gasteiger partial charge in [0.2, 0.25) is 5.91 Å². The van der Waals surface area contributed by atoms with Gasteiger partial charge in [-0.15, -0.1) is 10.2 Å². The van der Waals surface area contributed by atoms with E-state index in [1.165, 1.54) is 17.6 Å². The van der Waals surface area contributed by atoms with E-state index in [9.17, 15) is 4.79 Å². The Kier molecular flexibility index (Phi) is 4.91. The molecule has 1 aliphatic carbocycles. The molecule has 1 amide bonds. The summed E-state index contributed by atoms with van der Waals surface area (Å²) in [4.78, 5) is 13.7. The number of hydrogen-bond acceptors (Lipinski definition) is 4. The summed E-state index contributed by atoms with van der Waals surface area (Å²) in [6.07, 6.45) is 4.67. The lowest BCUT2D eigenvalue weighted by atomic mass is 9.91. The van der Waals surface area contributed by atoms with Gasteiger partial charge in [0, 0.05) is 5.02 Å². The molecular formula is C16H20ClN5O. The van der Waals surface area contributed by atoms with Crippen LogP contribution < -0.4 is 5.32 Å². The van der Waals surface area contributed by atoms with E-state index in [2.05, 4.69) is 20.7 Å². The van der Waals surface area contributed by atoms with Crippen LogP contribution in [0, 0.1) is 12.8 Å². The first-order valence-electron chi connectivity index (χ1n) is 7.91. The molecule has 1 atom stereocenters. The molecular weight excluding hydrogens is 314 g/mol. The molecule has 0 saturated heterocycles. The number of amides is 1. The van der Waals surface area contributed by atoms with Crippen molar-refractivity contribution in [3.05, 3.63) is 40.7 Å². The van der Waals surface area contributed by atoms with Gasteiger partial charge >= 0.3 is 0 Å². The number of tetrazole rings is 1. The van der Waals surface area contributed by atoms with Crippen LogP contribution in [0.5, 0.6) is 0 Å². The van der Waals surface area contributed by atoms with E-state index in [1.807, 2.05) is 24.3 Å². The predicted molar refractivity (Wildman–Crippen MR) is 86.8 cm³/mol. The molecule has 122 valence electrons. The fourth-order valence-electron chi connectivity index (χ4n) is 3.20. The maximum absolute atomic E-state index is 12.4. The van der Waals surface area contributed by atoms with Crippen molar-refractivity contribution in [1.82, 2.24) is 25.5 Å². The molecule has 3 rings (SSSR count). The Bertz CT molecular complexity index is 681. The van der Waals surface area contributed by atoms with Crippen molar-refractivity contribution < 1.29 is 4.79 Å². The summed E-state index contributed by atoms with van der Waals surface area (Å²) in [7, 11) is 0. The highest BCUT2D eigenvalue weighted by atomic mass is 35.5. The standard InChI is InChI=1S/C16H20ClN5O/c1-11-19-21-22(20-11)10-15(23)18-16(12-5-2-3-6-12)13-7-4-8-14(17)9-13/h4,7-9,12,16H,2-3,5-6,10H2,1H3,(H,18,23)/t16-/m0/s1. The molecule has 7 heteroatoms. The SMILES string of the molecule is Cc1nnn(CC(=O)N[C@H](c2cccc(Cl)c2)C2CCCC2)n1. The molecule has 1 N–H and O–H groups in total. The fourth-order valence-corrected chi connectivity index (χ4v) is 3.40. The number of hydrogen-bond donors (Lipinski definition) is 1. The van der Waals surface area contributed by atoms with Crippen molar-refractivity contribution in [2.45, 2.75) is 45.2 Å². The summed E-state index contributed by atoms with van der Waals surface area (Å²) in [6.45, 7) is 1.82. The van der Waals surface area contributed by atoms with Crippen LogP contribution in [0.2, 0.25) is 5.02 Å². The number of nitrogens with zero attached hydrogens (tertiary/aromatic N) is 4. The van der Waals surface area contributed by atoms with E-state index in [-0.39, 0.29) is 18.5 Å². The number of halogens is 1. The highest BCUT2D eigenvalue weighted by Gasteiger charge is 2.28. The second kappa shape index (κ2) is 7.08. The largest absolute Gasteiger partial charge is 0.347 e. The van der Waals surface area contributed by atoms with Crippen molar-refractivity contribution in [3.8, 4) is 0 Å². The summed E-state index contributed by atoms with van der Waals surface area (Å²) >= 11 is 6.12. The molecule has 2 aromatic rings. The first-order chi connectivity index (χ1) is 11.1. The molecule has 23 heavy (non-hydrogen) atoms. The van der Waals surface area contributed by atoms with Gasteiger partial charge < -0.3 is 5.32 Å². The molecule has 1 saturated carbocycles. The number of aromatic nitrogens is 4. The first kappa shape index (κ1) is 15.9. The fraction of sp³-hybridized carbons (Fsp3) is 0.500. The Balaban J connectivity index is 1.74. The third-order valence-electron chi connectivity index (χ3n) is 4.23. The van der Waals surface area contributed by atoms with Gasteiger partial charge in [0.15, 0.2) is 5.82 Å². The van der Waals surface area contributed by atoms with E-state index >= 15 is 0 Å². The predicted octanol–water partition coefficient (Wildman–Crippen LogP) is 2.68. The van der Waals surface area contributed by atoms with E-state index in [0.717, 1.165) is 18.4 Å². The van der Waals surface area contributed by atoms with Gasteiger partial charge in [-0.05, 0) is 48.6 Å². The number of rotatable bonds is 5. The number of benzene rings is 1. The molecule has 6 nitrogen and oxygen atoms in total. The van der Waals surface area contributed by atoms with Crippen molar-refractivity contribution in [3.63, 3.8) is 0 Å². The Morgan fingerprint density at radius 1 is 1.43 bits per heavy atom. The molecule has 1 fully saturated rings. The van der Waals surface area contributed by atoms with Crippen molar-refractivity contribution in [2.75, 3.05) is 0 Å². The average molecular weight is 334 g/mol. The van der Waals surface area contributed by atoms with Gasteiger partial charge in [0.1, 0.15) is 6.54 Å². The molecule has 1 aromatic carbocycles. The van der Waals surface area contributed by atoms with Crippen LogP contribution in [0.3, 0.4) is 0 Å². The van der Waals surface area contributed by atoms with Gasteiger partial charge in [-0.2, -0.15) is 4.80 Å².